The van der Waals surface area contributed by atoms with E-state index in [1.54, 1.807) is 12.3 Å². The van der Waals surface area contributed by atoms with Gasteiger partial charge in [0.1, 0.15) is 10.6 Å². The Morgan fingerprint density at radius 3 is 2.62 bits per heavy atom. The number of halogens is 1. The Labute approximate surface area is 108 Å². The van der Waals surface area contributed by atoms with Crippen LogP contribution in [0.15, 0.2) is 21.8 Å². The predicted molar refractivity (Wildman–Crippen MR) is 68.9 cm³/mol. The minimum absolute atomic E-state index is 0.342. The molecule has 0 bridgehead atoms. The number of aromatic nitrogens is 1. The number of carbonyl (C=O) groups is 1. The molecule has 5 heteroatoms. The number of carbonyl (C=O) groups excluding carboxylic acids is 1. The molecular weight excluding hydrogens is 290 g/mol. The van der Waals surface area contributed by atoms with Gasteiger partial charge < -0.3 is 4.74 Å². The first-order valence-electron chi connectivity index (χ1n) is 4.76. The van der Waals surface area contributed by atoms with Gasteiger partial charge in [0.2, 0.25) is 0 Å². The average Bonchev–Trinajstić information content (AvgIpc) is 2.15. The fourth-order valence-electron chi connectivity index (χ4n) is 1.07. The summed E-state index contributed by atoms with van der Waals surface area (Å²) >= 11 is 4.72. The Bertz CT molecular complexity index is 401. The highest BCUT2D eigenvalue weighted by Crippen LogP contribution is 2.23. The summed E-state index contributed by atoms with van der Waals surface area (Å²) in [6.45, 7) is 5.53. The van der Waals surface area contributed by atoms with Crippen LogP contribution in [-0.4, -0.2) is 22.8 Å². The van der Waals surface area contributed by atoms with Crippen LogP contribution in [0.1, 0.15) is 31.1 Å². The van der Waals surface area contributed by atoms with Crippen molar-refractivity contribution < 1.29 is 9.53 Å². The third-order valence-corrected chi connectivity index (χ3v) is 2.78. The minimum atomic E-state index is -0.491. The van der Waals surface area contributed by atoms with Crippen molar-refractivity contribution >= 4 is 33.7 Å². The Hall–Kier alpha value is -0.550. The topological polar surface area (TPSA) is 39.2 Å². The van der Waals surface area contributed by atoms with Crippen LogP contribution in [0.5, 0.6) is 0 Å². The van der Waals surface area contributed by atoms with E-state index in [0.29, 0.717) is 10.6 Å². The van der Waals surface area contributed by atoms with Crippen LogP contribution >= 0.6 is 27.7 Å². The summed E-state index contributed by atoms with van der Waals surface area (Å²) in [5.41, 5.74) is 0.00604. The van der Waals surface area contributed by atoms with Gasteiger partial charge in [-0.05, 0) is 49.0 Å². The molecule has 88 valence electrons. The van der Waals surface area contributed by atoms with Crippen LogP contribution in [0.3, 0.4) is 0 Å². The van der Waals surface area contributed by atoms with Crippen LogP contribution in [0.4, 0.5) is 0 Å². The highest BCUT2D eigenvalue weighted by atomic mass is 79.9. The summed E-state index contributed by atoms with van der Waals surface area (Å²) in [6.07, 6.45) is 3.55. The van der Waals surface area contributed by atoms with Gasteiger partial charge in [-0.3, -0.25) is 0 Å². The van der Waals surface area contributed by atoms with Crippen molar-refractivity contribution in [3.8, 4) is 0 Å². The molecule has 1 aromatic heterocycles. The molecule has 0 fully saturated rings. The SMILES string of the molecule is CSc1ncc(Br)cc1C(=O)OC(C)(C)C. The molecule has 0 aromatic carbocycles. The fraction of sp³-hybridized carbons (Fsp3) is 0.455. The molecule has 0 atom stereocenters. The van der Waals surface area contributed by atoms with Gasteiger partial charge in [-0.15, -0.1) is 11.8 Å². The van der Waals surface area contributed by atoms with Gasteiger partial charge in [0.15, 0.2) is 0 Å². The summed E-state index contributed by atoms with van der Waals surface area (Å²) in [5.74, 6) is -0.342. The number of hydrogen-bond acceptors (Lipinski definition) is 4. The zero-order chi connectivity index (χ0) is 12.3. The molecule has 0 aliphatic carbocycles. The van der Waals surface area contributed by atoms with E-state index in [-0.39, 0.29) is 5.97 Å². The first-order chi connectivity index (χ1) is 7.33. The largest absolute Gasteiger partial charge is 0.456 e. The van der Waals surface area contributed by atoms with E-state index in [1.165, 1.54) is 11.8 Å². The van der Waals surface area contributed by atoms with Gasteiger partial charge in [0.25, 0.3) is 0 Å². The number of rotatable bonds is 2. The number of thioether (sulfide) groups is 1. The summed E-state index contributed by atoms with van der Waals surface area (Å²) < 4.78 is 6.08. The summed E-state index contributed by atoms with van der Waals surface area (Å²) in [4.78, 5) is 16.1. The van der Waals surface area contributed by atoms with Crippen molar-refractivity contribution in [3.05, 3.63) is 22.3 Å². The number of ether oxygens (including phenoxy) is 1. The van der Waals surface area contributed by atoms with Gasteiger partial charge in [-0.25, -0.2) is 9.78 Å². The molecule has 1 aromatic rings. The maximum atomic E-state index is 11.9. The number of pyridine rings is 1. The van der Waals surface area contributed by atoms with Crippen LogP contribution < -0.4 is 0 Å². The van der Waals surface area contributed by atoms with E-state index in [0.717, 1.165) is 4.47 Å². The standard InChI is InChI=1S/C11H14BrNO2S/c1-11(2,3)15-10(14)8-5-7(12)6-13-9(8)16-4/h5-6H,1-4H3. The molecule has 0 saturated heterocycles. The normalized spacial score (nSPS) is 11.3. The lowest BCUT2D eigenvalue weighted by atomic mass is 10.2. The monoisotopic (exact) mass is 303 g/mol. The Morgan fingerprint density at radius 1 is 1.50 bits per heavy atom. The van der Waals surface area contributed by atoms with Gasteiger partial charge in [0, 0.05) is 10.7 Å². The molecule has 0 N–H and O–H groups in total. The smallest absolute Gasteiger partial charge is 0.341 e. The second-order valence-corrected chi connectivity index (χ2v) is 5.92. The van der Waals surface area contributed by atoms with Crippen molar-refractivity contribution in [2.45, 2.75) is 31.4 Å². The lowest BCUT2D eigenvalue weighted by Gasteiger charge is -2.20. The second kappa shape index (κ2) is 5.19. The molecule has 0 aliphatic heterocycles. The molecule has 0 amide bonds. The van der Waals surface area contributed by atoms with Gasteiger partial charge >= 0.3 is 5.97 Å². The molecule has 1 rings (SSSR count). The average molecular weight is 304 g/mol. The van der Waals surface area contributed by atoms with Crippen LogP contribution in [0, 0.1) is 0 Å². The van der Waals surface area contributed by atoms with Crippen LogP contribution in [-0.2, 0) is 4.74 Å². The third-order valence-electron chi connectivity index (χ3n) is 1.63. The van der Waals surface area contributed by atoms with Crippen molar-refractivity contribution in [1.29, 1.82) is 0 Å². The molecule has 16 heavy (non-hydrogen) atoms. The lowest BCUT2D eigenvalue weighted by Crippen LogP contribution is -2.24. The van der Waals surface area contributed by atoms with Crippen LogP contribution in [0.25, 0.3) is 0 Å². The van der Waals surface area contributed by atoms with E-state index in [4.69, 9.17) is 4.74 Å². The molecule has 1 heterocycles. The van der Waals surface area contributed by atoms with Crippen molar-refractivity contribution in [2.75, 3.05) is 6.26 Å². The molecule has 0 unspecified atom stereocenters. The minimum Gasteiger partial charge on any atom is -0.456 e. The van der Waals surface area contributed by atoms with E-state index in [1.807, 2.05) is 27.0 Å². The zero-order valence-electron chi connectivity index (χ0n) is 9.70. The molecule has 0 spiro atoms. The van der Waals surface area contributed by atoms with Crippen molar-refractivity contribution in [3.63, 3.8) is 0 Å². The van der Waals surface area contributed by atoms with Gasteiger partial charge in [-0.1, -0.05) is 0 Å². The molecule has 0 aliphatic rings. The first-order valence-corrected chi connectivity index (χ1v) is 6.78. The number of hydrogen-bond donors (Lipinski definition) is 0. The van der Waals surface area contributed by atoms with Crippen LogP contribution in [0.2, 0.25) is 0 Å². The maximum Gasteiger partial charge on any atom is 0.341 e. The third kappa shape index (κ3) is 3.79. The van der Waals surface area contributed by atoms with Gasteiger partial charge in [0.05, 0.1) is 5.56 Å². The fourth-order valence-corrected chi connectivity index (χ4v) is 1.92. The highest BCUT2D eigenvalue weighted by Gasteiger charge is 2.21. The number of nitrogens with zero attached hydrogens (tertiary/aromatic N) is 1. The first kappa shape index (κ1) is 13.5. The Morgan fingerprint density at radius 2 is 2.12 bits per heavy atom. The second-order valence-electron chi connectivity index (χ2n) is 4.21. The van der Waals surface area contributed by atoms with Crippen molar-refractivity contribution in [1.82, 2.24) is 4.98 Å². The Kier molecular flexibility index (Phi) is 4.38. The van der Waals surface area contributed by atoms with E-state index < -0.39 is 5.60 Å². The maximum absolute atomic E-state index is 11.9. The summed E-state index contributed by atoms with van der Waals surface area (Å²) in [5, 5.41) is 0.678. The molecular formula is C11H14BrNO2S. The summed E-state index contributed by atoms with van der Waals surface area (Å²) in [7, 11) is 0. The number of esters is 1. The quantitative estimate of drug-likeness (QED) is 0.619. The predicted octanol–water partition coefficient (Wildman–Crippen LogP) is 3.52. The Balaban J connectivity index is 3.02. The van der Waals surface area contributed by atoms with Crippen molar-refractivity contribution in [2.24, 2.45) is 0 Å². The lowest BCUT2D eigenvalue weighted by molar-refractivity contribution is 0.00646. The molecule has 0 radical (unpaired) electrons. The van der Waals surface area contributed by atoms with Gasteiger partial charge in [-0.2, -0.15) is 0 Å². The zero-order valence-corrected chi connectivity index (χ0v) is 12.1. The highest BCUT2D eigenvalue weighted by molar-refractivity contribution is 9.10. The molecule has 3 nitrogen and oxygen atoms in total. The van der Waals surface area contributed by atoms with E-state index in [9.17, 15) is 4.79 Å². The molecule has 0 saturated carbocycles. The summed E-state index contributed by atoms with van der Waals surface area (Å²) in [6, 6.07) is 1.73. The van der Waals surface area contributed by atoms with E-state index >= 15 is 0 Å². The van der Waals surface area contributed by atoms with E-state index in [2.05, 4.69) is 20.9 Å².